The molecule has 7 heteroatoms. The summed E-state index contributed by atoms with van der Waals surface area (Å²) in [4.78, 5) is 24.8. The third kappa shape index (κ3) is 5.70. The first-order valence-electron chi connectivity index (χ1n) is 8.59. The number of ether oxygens (including phenoxy) is 1. The Balaban J connectivity index is 1.94. The maximum Gasteiger partial charge on any atom is 0.279 e. The molecule has 0 heterocycles. The molecule has 138 valence electrons. The number of halogens is 2. The van der Waals surface area contributed by atoms with E-state index in [4.69, 9.17) is 4.74 Å². The van der Waals surface area contributed by atoms with Gasteiger partial charge in [-0.1, -0.05) is 19.3 Å². The predicted molar refractivity (Wildman–Crippen MR) is 96.3 cm³/mol. The van der Waals surface area contributed by atoms with Gasteiger partial charge in [-0.25, -0.2) is 9.40 Å². The number of rotatable bonds is 5. The Morgan fingerprint density at radius 3 is 2.60 bits per heavy atom. The molecule has 2 amide bonds. The van der Waals surface area contributed by atoms with Crippen molar-refractivity contribution in [2.45, 2.75) is 52.0 Å². The highest BCUT2D eigenvalue weighted by Gasteiger charge is 2.26. The standard InChI is InChI=1S/C18H24BrFN2O3/c1-12(2)22(21-18(24)13-6-4-3-5-7-13)17(23)11-25-16-9-8-14(20)10-15(16)19/h8-10,12-13H,3-7,11H2,1-2H3,(H,21,24). The molecular formula is C18H24BrFN2O3. The summed E-state index contributed by atoms with van der Waals surface area (Å²) in [7, 11) is 0. The van der Waals surface area contributed by atoms with E-state index in [0.29, 0.717) is 10.2 Å². The van der Waals surface area contributed by atoms with E-state index in [-0.39, 0.29) is 30.4 Å². The summed E-state index contributed by atoms with van der Waals surface area (Å²) in [5.74, 6) is -0.513. The maximum atomic E-state index is 13.1. The lowest BCUT2D eigenvalue weighted by Gasteiger charge is -2.30. The van der Waals surface area contributed by atoms with Crippen molar-refractivity contribution in [1.82, 2.24) is 10.4 Å². The number of benzene rings is 1. The first-order chi connectivity index (χ1) is 11.9. The summed E-state index contributed by atoms with van der Waals surface area (Å²) in [6.07, 6.45) is 5.00. The Hall–Kier alpha value is -1.63. The molecule has 25 heavy (non-hydrogen) atoms. The normalized spacial score (nSPS) is 15.1. The van der Waals surface area contributed by atoms with Crippen molar-refractivity contribution >= 4 is 27.7 Å². The number of amides is 2. The number of carbonyl (C=O) groups is 2. The van der Waals surface area contributed by atoms with Crippen LogP contribution in [0.5, 0.6) is 5.75 Å². The van der Waals surface area contributed by atoms with Gasteiger partial charge in [0.25, 0.3) is 5.91 Å². The highest BCUT2D eigenvalue weighted by molar-refractivity contribution is 9.10. The van der Waals surface area contributed by atoms with Crippen LogP contribution in [-0.4, -0.2) is 29.5 Å². The maximum absolute atomic E-state index is 13.1. The van der Waals surface area contributed by atoms with E-state index in [1.165, 1.54) is 23.2 Å². The van der Waals surface area contributed by atoms with Gasteiger partial charge < -0.3 is 4.74 Å². The van der Waals surface area contributed by atoms with E-state index < -0.39 is 5.82 Å². The van der Waals surface area contributed by atoms with Gasteiger partial charge in [0.15, 0.2) is 6.61 Å². The Labute approximate surface area is 156 Å². The van der Waals surface area contributed by atoms with Gasteiger partial charge in [-0.3, -0.25) is 15.0 Å². The fraction of sp³-hybridized carbons (Fsp3) is 0.556. The van der Waals surface area contributed by atoms with Crippen LogP contribution in [0.25, 0.3) is 0 Å². The van der Waals surface area contributed by atoms with Crippen LogP contribution in [0, 0.1) is 11.7 Å². The van der Waals surface area contributed by atoms with Crippen molar-refractivity contribution in [3.05, 3.63) is 28.5 Å². The van der Waals surface area contributed by atoms with E-state index in [2.05, 4.69) is 21.4 Å². The van der Waals surface area contributed by atoms with Gasteiger partial charge in [0.2, 0.25) is 5.91 Å². The monoisotopic (exact) mass is 414 g/mol. The van der Waals surface area contributed by atoms with E-state index in [9.17, 15) is 14.0 Å². The third-order valence-electron chi connectivity index (χ3n) is 4.24. The van der Waals surface area contributed by atoms with Crippen molar-refractivity contribution in [3.63, 3.8) is 0 Å². The van der Waals surface area contributed by atoms with Crippen LogP contribution in [0.2, 0.25) is 0 Å². The van der Waals surface area contributed by atoms with Crippen molar-refractivity contribution in [3.8, 4) is 5.75 Å². The van der Waals surface area contributed by atoms with E-state index in [0.717, 1.165) is 32.1 Å². The summed E-state index contributed by atoms with van der Waals surface area (Å²) in [5.41, 5.74) is 2.74. The predicted octanol–water partition coefficient (Wildman–Crippen LogP) is 3.82. The van der Waals surface area contributed by atoms with Gasteiger partial charge in [0, 0.05) is 12.0 Å². The van der Waals surface area contributed by atoms with Gasteiger partial charge in [-0.15, -0.1) is 0 Å². The molecule has 0 atom stereocenters. The van der Waals surface area contributed by atoms with Gasteiger partial charge in [0.1, 0.15) is 11.6 Å². The van der Waals surface area contributed by atoms with Crippen LogP contribution < -0.4 is 10.2 Å². The average Bonchev–Trinajstić information content (AvgIpc) is 2.59. The zero-order chi connectivity index (χ0) is 18.4. The number of carbonyl (C=O) groups excluding carboxylic acids is 2. The minimum Gasteiger partial charge on any atom is -0.483 e. The lowest BCUT2D eigenvalue weighted by atomic mass is 9.89. The van der Waals surface area contributed by atoms with Crippen molar-refractivity contribution in [2.75, 3.05) is 6.61 Å². The molecule has 0 bridgehead atoms. The van der Waals surface area contributed by atoms with Crippen LogP contribution >= 0.6 is 15.9 Å². The largest absolute Gasteiger partial charge is 0.483 e. The van der Waals surface area contributed by atoms with Crippen LogP contribution in [0.15, 0.2) is 22.7 Å². The molecule has 1 aliphatic carbocycles. The summed E-state index contributed by atoms with van der Waals surface area (Å²) >= 11 is 3.20. The van der Waals surface area contributed by atoms with E-state index in [1.54, 1.807) is 0 Å². The Bertz CT molecular complexity index is 618. The molecule has 1 saturated carbocycles. The Morgan fingerprint density at radius 2 is 2.00 bits per heavy atom. The number of nitrogens with zero attached hydrogens (tertiary/aromatic N) is 1. The number of hydrogen-bond acceptors (Lipinski definition) is 3. The van der Waals surface area contributed by atoms with Crippen LogP contribution in [-0.2, 0) is 9.59 Å². The third-order valence-corrected chi connectivity index (χ3v) is 4.86. The quantitative estimate of drug-likeness (QED) is 0.744. The van der Waals surface area contributed by atoms with Crippen molar-refractivity contribution < 1.29 is 18.7 Å². The second-order valence-electron chi connectivity index (χ2n) is 6.53. The molecular weight excluding hydrogens is 391 g/mol. The molecule has 1 N–H and O–H groups in total. The molecule has 0 radical (unpaired) electrons. The summed E-state index contributed by atoms with van der Waals surface area (Å²) in [6, 6.07) is 3.79. The molecule has 5 nitrogen and oxygen atoms in total. The fourth-order valence-electron chi connectivity index (χ4n) is 2.86. The Morgan fingerprint density at radius 1 is 1.32 bits per heavy atom. The van der Waals surface area contributed by atoms with Gasteiger partial charge >= 0.3 is 0 Å². The highest BCUT2D eigenvalue weighted by atomic mass is 79.9. The topological polar surface area (TPSA) is 58.6 Å². The van der Waals surface area contributed by atoms with Crippen molar-refractivity contribution in [2.24, 2.45) is 5.92 Å². The van der Waals surface area contributed by atoms with E-state index >= 15 is 0 Å². The van der Waals surface area contributed by atoms with Gasteiger partial charge in [0.05, 0.1) is 4.47 Å². The van der Waals surface area contributed by atoms with E-state index in [1.807, 2.05) is 13.8 Å². The smallest absolute Gasteiger partial charge is 0.279 e. The number of hydrazine groups is 1. The van der Waals surface area contributed by atoms with Crippen molar-refractivity contribution in [1.29, 1.82) is 0 Å². The second-order valence-corrected chi connectivity index (χ2v) is 7.39. The Kier molecular flexibility index (Phi) is 7.23. The zero-order valence-electron chi connectivity index (χ0n) is 14.6. The minimum atomic E-state index is -0.394. The minimum absolute atomic E-state index is 0.0324. The first kappa shape index (κ1) is 19.7. The molecule has 0 saturated heterocycles. The first-order valence-corrected chi connectivity index (χ1v) is 9.38. The van der Waals surface area contributed by atoms with Crippen LogP contribution in [0.3, 0.4) is 0 Å². The summed E-state index contributed by atoms with van der Waals surface area (Å²) in [6.45, 7) is 3.41. The fourth-order valence-corrected chi connectivity index (χ4v) is 3.32. The zero-order valence-corrected chi connectivity index (χ0v) is 16.1. The molecule has 0 unspecified atom stereocenters. The SMILES string of the molecule is CC(C)N(NC(=O)C1CCCCC1)C(=O)COc1ccc(F)cc1Br. The molecule has 1 fully saturated rings. The van der Waals surface area contributed by atoms with Gasteiger partial charge in [-0.2, -0.15) is 0 Å². The molecule has 1 aromatic rings. The second kappa shape index (κ2) is 9.17. The average molecular weight is 415 g/mol. The lowest BCUT2D eigenvalue weighted by Crippen LogP contribution is -2.53. The summed E-state index contributed by atoms with van der Waals surface area (Å²) < 4.78 is 19.0. The number of hydrogen-bond donors (Lipinski definition) is 1. The molecule has 0 spiro atoms. The highest BCUT2D eigenvalue weighted by Crippen LogP contribution is 2.26. The molecule has 1 aliphatic rings. The molecule has 0 aliphatic heterocycles. The molecule has 1 aromatic carbocycles. The van der Waals surface area contributed by atoms with Crippen LogP contribution in [0.4, 0.5) is 4.39 Å². The molecule has 0 aromatic heterocycles. The van der Waals surface area contributed by atoms with Crippen LogP contribution in [0.1, 0.15) is 46.0 Å². The molecule has 2 rings (SSSR count). The lowest BCUT2D eigenvalue weighted by molar-refractivity contribution is -0.147. The summed E-state index contributed by atoms with van der Waals surface area (Å²) in [5, 5.41) is 1.31. The number of nitrogens with one attached hydrogen (secondary N) is 1. The van der Waals surface area contributed by atoms with Gasteiger partial charge in [-0.05, 0) is 60.8 Å².